The molecule has 0 aliphatic carbocycles. The first-order chi connectivity index (χ1) is 10.6. The number of aryl methyl sites for hydroxylation is 2. The van der Waals surface area contributed by atoms with E-state index in [-0.39, 0.29) is 11.0 Å². The van der Waals surface area contributed by atoms with Crippen LogP contribution >= 0.6 is 11.8 Å². The molecule has 1 aromatic carbocycles. The second-order valence-electron chi connectivity index (χ2n) is 6.35. The minimum absolute atomic E-state index is 0.0410. The number of aromatic nitrogens is 1. The summed E-state index contributed by atoms with van der Waals surface area (Å²) in [6.45, 7) is 2.86. The standard InChI is InChI=1S/C18H19NO2S/c1-12-4-6-13(7-5-12)17-18(15(20)11-22-17)8-10-19-9-2-3-14(19)16(18)21/h2-7,9,15,17,20H,8,10-11H2,1H3/t15-,17+,18+/m0/s1. The van der Waals surface area contributed by atoms with E-state index in [4.69, 9.17) is 0 Å². The van der Waals surface area contributed by atoms with E-state index in [1.165, 1.54) is 5.56 Å². The van der Waals surface area contributed by atoms with E-state index < -0.39 is 11.5 Å². The Hall–Kier alpha value is -1.52. The highest BCUT2D eigenvalue weighted by Crippen LogP contribution is 2.58. The number of rotatable bonds is 1. The molecule has 3 heterocycles. The van der Waals surface area contributed by atoms with Crippen LogP contribution in [-0.2, 0) is 6.54 Å². The Labute approximate surface area is 134 Å². The molecule has 1 spiro atoms. The van der Waals surface area contributed by atoms with Gasteiger partial charge in [0.2, 0.25) is 0 Å². The lowest BCUT2D eigenvalue weighted by Crippen LogP contribution is -2.47. The summed E-state index contributed by atoms with van der Waals surface area (Å²) >= 11 is 1.72. The van der Waals surface area contributed by atoms with Gasteiger partial charge in [0.25, 0.3) is 0 Å². The van der Waals surface area contributed by atoms with E-state index in [0.717, 1.165) is 17.8 Å². The van der Waals surface area contributed by atoms with Crippen molar-refractivity contribution < 1.29 is 9.90 Å². The van der Waals surface area contributed by atoms with Gasteiger partial charge in [-0.15, -0.1) is 11.8 Å². The second kappa shape index (κ2) is 5.00. The van der Waals surface area contributed by atoms with E-state index in [2.05, 4.69) is 31.2 Å². The SMILES string of the molecule is Cc1ccc([C@H]2SC[C@H](O)[C@@]23CCn2cccc2C3=O)cc1. The molecule has 0 unspecified atom stereocenters. The maximum atomic E-state index is 13.2. The van der Waals surface area contributed by atoms with E-state index in [1.807, 2.05) is 22.9 Å². The lowest BCUT2D eigenvalue weighted by atomic mass is 9.68. The highest BCUT2D eigenvalue weighted by molar-refractivity contribution is 7.99. The molecule has 0 radical (unpaired) electrons. The second-order valence-corrected chi connectivity index (χ2v) is 7.48. The quantitative estimate of drug-likeness (QED) is 0.879. The van der Waals surface area contributed by atoms with Gasteiger partial charge in [-0.3, -0.25) is 4.79 Å². The van der Waals surface area contributed by atoms with Crippen molar-refractivity contribution in [3.05, 3.63) is 59.4 Å². The van der Waals surface area contributed by atoms with Gasteiger partial charge in [0.05, 0.1) is 17.2 Å². The van der Waals surface area contributed by atoms with Crippen LogP contribution in [0.4, 0.5) is 0 Å². The number of hydrogen-bond acceptors (Lipinski definition) is 3. The van der Waals surface area contributed by atoms with Crippen molar-refractivity contribution >= 4 is 17.5 Å². The number of benzene rings is 1. The van der Waals surface area contributed by atoms with Crippen LogP contribution in [0.2, 0.25) is 0 Å². The third-order valence-corrected chi connectivity index (χ3v) is 6.65. The smallest absolute Gasteiger partial charge is 0.189 e. The molecule has 1 N–H and O–H groups in total. The van der Waals surface area contributed by atoms with Gasteiger partial charge >= 0.3 is 0 Å². The number of ketones is 1. The number of carbonyl (C=O) groups is 1. The van der Waals surface area contributed by atoms with Crippen molar-refractivity contribution in [1.82, 2.24) is 4.57 Å². The first kappa shape index (κ1) is 14.1. The van der Waals surface area contributed by atoms with Crippen molar-refractivity contribution in [2.24, 2.45) is 5.41 Å². The summed E-state index contributed by atoms with van der Waals surface area (Å²) in [5.41, 5.74) is 2.43. The number of nitrogens with zero attached hydrogens (tertiary/aromatic N) is 1. The molecule has 2 aliphatic heterocycles. The Morgan fingerprint density at radius 2 is 2.05 bits per heavy atom. The summed E-state index contributed by atoms with van der Waals surface area (Å²) < 4.78 is 2.01. The fourth-order valence-corrected chi connectivity index (χ4v) is 5.54. The predicted octanol–water partition coefficient (Wildman–Crippen LogP) is 3.22. The van der Waals surface area contributed by atoms with Crippen LogP contribution in [-0.4, -0.2) is 27.3 Å². The van der Waals surface area contributed by atoms with Crippen LogP contribution < -0.4 is 0 Å². The first-order valence-electron chi connectivity index (χ1n) is 7.69. The summed E-state index contributed by atoms with van der Waals surface area (Å²) in [6, 6.07) is 12.2. The largest absolute Gasteiger partial charge is 0.391 e. The van der Waals surface area contributed by atoms with E-state index in [9.17, 15) is 9.90 Å². The van der Waals surface area contributed by atoms with Crippen molar-refractivity contribution in [1.29, 1.82) is 0 Å². The van der Waals surface area contributed by atoms with Gasteiger partial charge in [-0.25, -0.2) is 0 Å². The molecule has 0 bridgehead atoms. The van der Waals surface area contributed by atoms with Crippen LogP contribution in [0, 0.1) is 12.3 Å². The maximum absolute atomic E-state index is 13.2. The zero-order valence-corrected chi connectivity index (χ0v) is 13.3. The summed E-state index contributed by atoms with van der Waals surface area (Å²) in [6.07, 6.45) is 2.09. The number of fused-ring (bicyclic) bond motifs is 1. The molecule has 4 rings (SSSR count). The van der Waals surface area contributed by atoms with Gasteiger partial charge in [0.1, 0.15) is 0 Å². The molecule has 3 atom stereocenters. The summed E-state index contributed by atoms with van der Waals surface area (Å²) in [5, 5.41) is 10.7. The zero-order valence-electron chi connectivity index (χ0n) is 12.5. The molecule has 1 aromatic heterocycles. The minimum Gasteiger partial charge on any atom is -0.391 e. The third-order valence-electron chi connectivity index (χ3n) is 5.11. The zero-order chi connectivity index (χ0) is 15.3. The van der Waals surface area contributed by atoms with E-state index in [1.54, 1.807) is 11.8 Å². The molecular formula is C18H19NO2S. The molecule has 3 nitrogen and oxygen atoms in total. The number of carbonyl (C=O) groups excluding carboxylic acids is 1. The molecular weight excluding hydrogens is 294 g/mol. The van der Waals surface area contributed by atoms with E-state index in [0.29, 0.717) is 12.2 Å². The lowest BCUT2D eigenvalue weighted by Gasteiger charge is -2.39. The highest BCUT2D eigenvalue weighted by Gasteiger charge is 2.57. The average molecular weight is 313 g/mol. The highest BCUT2D eigenvalue weighted by atomic mass is 32.2. The van der Waals surface area contributed by atoms with Gasteiger partial charge < -0.3 is 9.67 Å². The summed E-state index contributed by atoms with van der Waals surface area (Å²) in [4.78, 5) is 13.2. The predicted molar refractivity (Wildman–Crippen MR) is 88.2 cm³/mol. The molecule has 0 saturated carbocycles. The van der Waals surface area contributed by atoms with Crippen LogP contribution in [0.3, 0.4) is 0 Å². The maximum Gasteiger partial charge on any atom is 0.189 e. The Morgan fingerprint density at radius 1 is 1.27 bits per heavy atom. The normalized spacial score (nSPS) is 30.7. The van der Waals surface area contributed by atoms with Gasteiger partial charge in [0.15, 0.2) is 5.78 Å². The summed E-state index contributed by atoms with van der Waals surface area (Å²) in [5.74, 6) is 0.733. The fraction of sp³-hybridized carbons (Fsp3) is 0.389. The summed E-state index contributed by atoms with van der Waals surface area (Å²) in [7, 11) is 0. The van der Waals surface area contributed by atoms with Crippen molar-refractivity contribution in [3.8, 4) is 0 Å². The van der Waals surface area contributed by atoms with Crippen molar-refractivity contribution in [2.45, 2.75) is 31.2 Å². The molecule has 114 valence electrons. The van der Waals surface area contributed by atoms with Gasteiger partial charge in [-0.05, 0) is 31.0 Å². The molecule has 2 aliphatic rings. The fourth-order valence-electron chi connectivity index (χ4n) is 3.84. The molecule has 1 saturated heterocycles. The lowest BCUT2D eigenvalue weighted by molar-refractivity contribution is 0.0273. The topological polar surface area (TPSA) is 42.2 Å². The van der Waals surface area contributed by atoms with Crippen LogP contribution in [0.25, 0.3) is 0 Å². The number of hydrogen-bond donors (Lipinski definition) is 1. The van der Waals surface area contributed by atoms with Gasteiger partial charge in [-0.2, -0.15) is 0 Å². The number of aliphatic hydroxyl groups is 1. The molecule has 1 fully saturated rings. The van der Waals surface area contributed by atoms with E-state index >= 15 is 0 Å². The molecule has 2 aromatic rings. The molecule has 0 amide bonds. The average Bonchev–Trinajstić information content (AvgIpc) is 3.11. The monoisotopic (exact) mass is 313 g/mol. The Kier molecular flexibility index (Phi) is 3.20. The third kappa shape index (κ3) is 1.83. The molecule has 4 heteroatoms. The Balaban J connectivity index is 1.81. The first-order valence-corrected chi connectivity index (χ1v) is 8.74. The Bertz CT molecular complexity index is 721. The van der Waals surface area contributed by atoms with Crippen LogP contribution in [0.1, 0.15) is 33.3 Å². The van der Waals surface area contributed by atoms with Gasteiger partial charge in [-0.1, -0.05) is 29.8 Å². The number of Topliss-reactive ketones (excluding diaryl/α,β-unsaturated/α-hetero) is 1. The van der Waals surface area contributed by atoms with Crippen molar-refractivity contribution in [2.75, 3.05) is 5.75 Å². The Morgan fingerprint density at radius 3 is 2.82 bits per heavy atom. The van der Waals surface area contributed by atoms with Crippen LogP contribution in [0.15, 0.2) is 42.6 Å². The molecule has 22 heavy (non-hydrogen) atoms. The van der Waals surface area contributed by atoms with Crippen LogP contribution in [0.5, 0.6) is 0 Å². The minimum atomic E-state index is -0.672. The number of thioether (sulfide) groups is 1. The number of aliphatic hydroxyl groups excluding tert-OH is 1. The van der Waals surface area contributed by atoms with Crippen molar-refractivity contribution in [3.63, 3.8) is 0 Å². The van der Waals surface area contributed by atoms with Gasteiger partial charge in [0, 0.05) is 23.7 Å².